The van der Waals surface area contributed by atoms with E-state index in [0.29, 0.717) is 50.5 Å². The second-order valence-corrected chi connectivity index (χ2v) is 7.31. The minimum atomic E-state index is -1.46. The number of hydrogen-bond acceptors (Lipinski definition) is 9. The lowest BCUT2D eigenvalue weighted by atomic mass is 10.2. The number of hydroxylamine groups is 2. The Labute approximate surface area is 176 Å². The summed E-state index contributed by atoms with van der Waals surface area (Å²) in [5.74, 6) is -2.67. The summed E-state index contributed by atoms with van der Waals surface area (Å²) >= 11 is 0. The van der Waals surface area contributed by atoms with E-state index in [4.69, 9.17) is 9.94 Å². The minimum absolute atomic E-state index is 0.0227. The van der Waals surface area contributed by atoms with E-state index in [1.165, 1.54) is 0 Å². The number of carboxylic acid groups (broad SMARTS) is 1. The quantitative estimate of drug-likeness (QED) is 0.167. The van der Waals surface area contributed by atoms with E-state index in [1.807, 2.05) is 11.8 Å². The van der Waals surface area contributed by atoms with Crippen molar-refractivity contribution in [1.29, 1.82) is 0 Å². The molecule has 0 atom stereocenters. The first-order valence-electron chi connectivity index (χ1n) is 10.3. The van der Waals surface area contributed by atoms with Crippen molar-refractivity contribution in [2.45, 2.75) is 58.2 Å². The van der Waals surface area contributed by atoms with Crippen molar-refractivity contribution in [2.75, 3.05) is 39.3 Å². The minimum Gasteiger partial charge on any atom is -0.481 e. The molecule has 1 saturated heterocycles. The van der Waals surface area contributed by atoms with Crippen LogP contribution in [0.4, 0.5) is 0 Å². The fourth-order valence-corrected chi connectivity index (χ4v) is 3.15. The molecule has 1 heterocycles. The lowest BCUT2D eigenvalue weighted by Crippen LogP contribution is -2.43. The van der Waals surface area contributed by atoms with Gasteiger partial charge in [-0.25, -0.2) is 4.79 Å². The Hall–Kier alpha value is -2.08. The van der Waals surface area contributed by atoms with Crippen molar-refractivity contribution in [3.05, 3.63) is 0 Å². The van der Waals surface area contributed by atoms with E-state index in [-0.39, 0.29) is 32.4 Å². The predicted molar refractivity (Wildman–Crippen MR) is 105 cm³/mol. The molecule has 11 nitrogen and oxygen atoms in total. The molecule has 3 N–H and O–H groups in total. The van der Waals surface area contributed by atoms with E-state index in [9.17, 15) is 29.4 Å². The standard InChI is InChI=1S/C19H33N3O8/c1-2-9-20(13-18(27)28)11-12-21(10-5-3-4-6-17(25)26)14-19(29)30-22-15(23)7-8-16(22)24/h18,27-28H,2-14H2,1H3,(H,25,26). The first-order chi connectivity index (χ1) is 14.2. The average molecular weight is 431 g/mol. The fraction of sp³-hybridized carbons (Fsp3) is 0.789. The van der Waals surface area contributed by atoms with Crippen molar-refractivity contribution < 1.29 is 39.3 Å². The molecule has 0 unspecified atom stereocenters. The summed E-state index contributed by atoms with van der Waals surface area (Å²) in [5.41, 5.74) is 0. The number of nitrogens with zero attached hydrogens (tertiary/aromatic N) is 3. The first kappa shape index (κ1) is 26.0. The molecule has 0 saturated carbocycles. The smallest absolute Gasteiger partial charge is 0.347 e. The number of unbranched alkanes of at least 4 members (excludes halogenated alkanes) is 2. The van der Waals surface area contributed by atoms with E-state index >= 15 is 0 Å². The first-order valence-corrected chi connectivity index (χ1v) is 10.3. The Bertz CT molecular complexity index is 568. The molecule has 0 aromatic heterocycles. The summed E-state index contributed by atoms with van der Waals surface area (Å²) in [6, 6.07) is 0. The SMILES string of the molecule is CCCN(CCN(CCCCCC(=O)O)CC(=O)ON1C(=O)CCC1=O)CC(O)O. The summed E-state index contributed by atoms with van der Waals surface area (Å²) in [6.07, 6.45) is 1.36. The van der Waals surface area contributed by atoms with Gasteiger partial charge in [-0.1, -0.05) is 13.3 Å². The zero-order valence-electron chi connectivity index (χ0n) is 17.5. The van der Waals surface area contributed by atoms with E-state index in [0.717, 1.165) is 6.42 Å². The van der Waals surface area contributed by atoms with Gasteiger partial charge in [0.15, 0.2) is 6.29 Å². The van der Waals surface area contributed by atoms with Crippen LogP contribution in [0.1, 0.15) is 51.9 Å². The van der Waals surface area contributed by atoms with Crippen LogP contribution in [0.5, 0.6) is 0 Å². The molecule has 0 aliphatic carbocycles. The summed E-state index contributed by atoms with van der Waals surface area (Å²) in [4.78, 5) is 54.6. The number of aliphatic hydroxyl groups is 2. The van der Waals surface area contributed by atoms with Crippen molar-refractivity contribution in [3.8, 4) is 0 Å². The van der Waals surface area contributed by atoms with Crippen molar-refractivity contribution in [3.63, 3.8) is 0 Å². The van der Waals surface area contributed by atoms with Crippen LogP contribution in [0.3, 0.4) is 0 Å². The maximum atomic E-state index is 12.2. The van der Waals surface area contributed by atoms with Gasteiger partial charge in [0, 0.05) is 38.9 Å². The fourth-order valence-electron chi connectivity index (χ4n) is 3.15. The number of carbonyl (C=O) groups excluding carboxylic acids is 3. The van der Waals surface area contributed by atoms with Gasteiger partial charge >= 0.3 is 11.9 Å². The molecule has 11 heteroatoms. The lowest BCUT2D eigenvalue weighted by molar-refractivity contribution is -0.198. The number of carboxylic acids is 1. The second kappa shape index (κ2) is 14.0. The number of carbonyl (C=O) groups is 4. The molecule has 0 bridgehead atoms. The van der Waals surface area contributed by atoms with Gasteiger partial charge in [-0.3, -0.25) is 24.2 Å². The van der Waals surface area contributed by atoms with Crippen LogP contribution in [-0.4, -0.2) is 99.5 Å². The van der Waals surface area contributed by atoms with Gasteiger partial charge in [0.1, 0.15) is 0 Å². The van der Waals surface area contributed by atoms with Crippen LogP contribution >= 0.6 is 0 Å². The third kappa shape index (κ3) is 10.6. The molecule has 1 aliphatic rings. The number of imide groups is 1. The van der Waals surface area contributed by atoms with Crippen LogP contribution in [0, 0.1) is 0 Å². The van der Waals surface area contributed by atoms with Gasteiger partial charge in [0.25, 0.3) is 11.8 Å². The Balaban J connectivity index is 2.58. The average Bonchev–Trinajstić information content (AvgIpc) is 2.96. The molecule has 0 radical (unpaired) electrons. The number of aliphatic carboxylic acids is 1. The zero-order chi connectivity index (χ0) is 22.5. The number of rotatable bonds is 16. The van der Waals surface area contributed by atoms with Gasteiger partial charge in [-0.15, -0.1) is 5.06 Å². The molecular weight excluding hydrogens is 398 g/mol. The molecule has 0 spiro atoms. The molecule has 1 aliphatic heterocycles. The van der Waals surface area contributed by atoms with Crippen LogP contribution in [0.25, 0.3) is 0 Å². The Morgan fingerprint density at radius 1 is 1.00 bits per heavy atom. The summed E-state index contributed by atoms with van der Waals surface area (Å²) in [5, 5.41) is 27.7. The molecule has 1 fully saturated rings. The third-order valence-corrected chi connectivity index (χ3v) is 4.61. The lowest BCUT2D eigenvalue weighted by Gasteiger charge is -2.27. The second-order valence-electron chi connectivity index (χ2n) is 7.31. The van der Waals surface area contributed by atoms with Crippen LogP contribution in [0.2, 0.25) is 0 Å². The van der Waals surface area contributed by atoms with Gasteiger partial charge < -0.3 is 20.2 Å². The van der Waals surface area contributed by atoms with Crippen LogP contribution in [0.15, 0.2) is 0 Å². The molecular formula is C19H33N3O8. The Morgan fingerprint density at radius 3 is 2.20 bits per heavy atom. The van der Waals surface area contributed by atoms with E-state index in [2.05, 4.69) is 0 Å². The van der Waals surface area contributed by atoms with Crippen molar-refractivity contribution >= 4 is 23.8 Å². The molecule has 0 aromatic carbocycles. The zero-order valence-corrected chi connectivity index (χ0v) is 17.5. The topological polar surface area (TPSA) is 148 Å². The summed E-state index contributed by atoms with van der Waals surface area (Å²) in [6.45, 7) is 3.99. The van der Waals surface area contributed by atoms with Crippen LogP contribution < -0.4 is 0 Å². The van der Waals surface area contributed by atoms with Gasteiger partial charge in [-0.05, 0) is 32.4 Å². The maximum Gasteiger partial charge on any atom is 0.347 e. The number of amides is 2. The highest BCUT2D eigenvalue weighted by Gasteiger charge is 2.33. The Kier molecular flexibility index (Phi) is 12.1. The number of hydrogen-bond donors (Lipinski definition) is 3. The molecule has 30 heavy (non-hydrogen) atoms. The van der Waals surface area contributed by atoms with E-state index in [1.54, 1.807) is 4.90 Å². The Morgan fingerprint density at radius 2 is 1.63 bits per heavy atom. The van der Waals surface area contributed by atoms with Gasteiger partial charge in [0.05, 0.1) is 6.54 Å². The van der Waals surface area contributed by atoms with Gasteiger partial charge in [-0.2, -0.15) is 0 Å². The van der Waals surface area contributed by atoms with Gasteiger partial charge in [0.2, 0.25) is 0 Å². The molecule has 2 amide bonds. The van der Waals surface area contributed by atoms with Crippen molar-refractivity contribution in [2.24, 2.45) is 0 Å². The highest BCUT2D eigenvalue weighted by Crippen LogP contribution is 2.12. The molecule has 0 aromatic rings. The molecule has 1 rings (SSSR count). The normalized spacial score (nSPS) is 14.4. The predicted octanol–water partition coefficient (Wildman–Crippen LogP) is -0.437. The number of aliphatic hydroxyl groups excluding tert-OH is 1. The molecule has 172 valence electrons. The summed E-state index contributed by atoms with van der Waals surface area (Å²) < 4.78 is 0. The highest BCUT2D eigenvalue weighted by atomic mass is 16.7. The highest BCUT2D eigenvalue weighted by molar-refractivity contribution is 6.01. The maximum absolute atomic E-state index is 12.2. The van der Waals surface area contributed by atoms with E-state index < -0.39 is 30.0 Å². The third-order valence-electron chi connectivity index (χ3n) is 4.61. The monoisotopic (exact) mass is 431 g/mol. The van der Waals surface area contributed by atoms with Crippen LogP contribution in [-0.2, 0) is 24.0 Å². The van der Waals surface area contributed by atoms with Crippen molar-refractivity contribution in [1.82, 2.24) is 14.9 Å². The largest absolute Gasteiger partial charge is 0.481 e. The summed E-state index contributed by atoms with van der Waals surface area (Å²) in [7, 11) is 0.